The quantitative estimate of drug-likeness (QED) is 0.671. The smallest absolute Gasteiger partial charge is 0.175 e. The van der Waals surface area contributed by atoms with E-state index in [0.717, 1.165) is 15.8 Å². The van der Waals surface area contributed by atoms with Crippen molar-refractivity contribution in [3.63, 3.8) is 0 Å². The Morgan fingerprint density at radius 1 is 1.00 bits per heavy atom. The van der Waals surface area contributed by atoms with Gasteiger partial charge in [-0.15, -0.1) is 0 Å². The van der Waals surface area contributed by atoms with Gasteiger partial charge in [0.25, 0.3) is 0 Å². The summed E-state index contributed by atoms with van der Waals surface area (Å²) in [6, 6.07) is 13.0. The number of hydrogen-bond acceptors (Lipinski definition) is 1. The van der Waals surface area contributed by atoms with Crippen LogP contribution in [0, 0.1) is 0 Å². The van der Waals surface area contributed by atoms with Gasteiger partial charge in [0, 0.05) is 10.2 Å². The first-order chi connectivity index (χ1) is 9.06. The van der Waals surface area contributed by atoms with Crippen molar-refractivity contribution in [1.82, 2.24) is 0 Å². The van der Waals surface area contributed by atoms with Crippen LogP contribution in [0.25, 0.3) is 0 Å². The molecule has 0 atom stereocenters. The van der Waals surface area contributed by atoms with Crippen molar-refractivity contribution in [3.8, 4) is 0 Å². The number of thiocarbonyl (C=S) groups is 1. The zero-order valence-corrected chi connectivity index (χ0v) is 13.5. The minimum Gasteiger partial charge on any atom is -0.332 e. The molecule has 98 valence electrons. The lowest BCUT2D eigenvalue weighted by molar-refractivity contribution is 1.57. The van der Waals surface area contributed by atoms with E-state index in [9.17, 15) is 0 Å². The SMILES string of the molecule is S=C(Nc1ccc(Cl)c(Cl)c1)Nc1ccccc1Br. The van der Waals surface area contributed by atoms with Gasteiger partial charge in [-0.3, -0.25) is 0 Å². The molecule has 0 amide bonds. The molecule has 2 N–H and O–H groups in total. The molecule has 0 aromatic heterocycles. The highest BCUT2D eigenvalue weighted by Crippen LogP contribution is 2.25. The van der Waals surface area contributed by atoms with E-state index in [1.807, 2.05) is 30.3 Å². The molecule has 2 aromatic rings. The standard InChI is InChI=1S/C13H9BrCl2N2S/c14-9-3-1-2-4-12(9)18-13(19)17-8-5-6-10(15)11(16)7-8/h1-7H,(H2,17,18,19). The van der Waals surface area contributed by atoms with Crippen LogP contribution in [0.15, 0.2) is 46.9 Å². The largest absolute Gasteiger partial charge is 0.332 e. The average Bonchev–Trinajstić information content (AvgIpc) is 2.37. The molecule has 0 spiro atoms. The van der Waals surface area contributed by atoms with Gasteiger partial charge in [0.1, 0.15) is 0 Å². The van der Waals surface area contributed by atoms with Crippen molar-refractivity contribution in [1.29, 1.82) is 0 Å². The molecule has 0 unspecified atom stereocenters. The fourth-order valence-electron chi connectivity index (χ4n) is 1.42. The molecule has 0 fully saturated rings. The van der Waals surface area contributed by atoms with Crippen molar-refractivity contribution in [2.24, 2.45) is 0 Å². The second-order valence-corrected chi connectivity index (χ2v) is 5.76. The van der Waals surface area contributed by atoms with E-state index >= 15 is 0 Å². The van der Waals surface area contributed by atoms with Crippen molar-refractivity contribution in [3.05, 3.63) is 57.0 Å². The van der Waals surface area contributed by atoms with E-state index in [0.29, 0.717) is 15.2 Å². The Morgan fingerprint density at radius 3 is 2.42 bits per heavy atom. The lowest BCUT2D eigenvalue weighted by Gasteiger charge is -2.12. The van der Waals surface area contributed by atoms with Gasteiger partial charge in [-0.25, -0.2) is 0 Å². The maximum atomic E-state index is 5.94. The van der Waals surface area contributed by atoms with E-state index in [1.165, 1.54) is 0 Å². The number of hydrogen-bond donors (Lipinski definition) is 2. The van der Waals surface area contributed by atoms with Crippen LogP contribution in [-0.2, 0) is 0 Å². The molecule has 0 heterocycles. The second-order valence-electron chi connectivity index (χ2n) is 3.69. The predicted molar refractivity (Wildman–Crippen MR) is 90.4 cm³/mol. The Bertz CT molecular complexity index is 619. The second kappa shape index (κ2) is 6.57. The zero-order chi connectivity index (χ0) is 13.8. The van der Waals surface area contributed by atoms with Crippen LogP contribution in [-0.4, -0.2) is 5.11 Å². The Hall–Kier alpha value is -0.810. The van der Waals surface area contributed by atoms with Crippen molar-refractivity contribution >= 4 is 67.8 Å². The van der Waals surface area contributed by atoms with Gasteiger partial charge < -0.3 is 10.6 Å². The third-order valence-electron chi connectivity index (χ3n) is 2.30. The fourth-order valence-corrected chi connectivity index (χ4v) is 2.33. The molecule has 19 heavy (non-hydrogen) atoms. The van der Waals surface area contributed by atoms with E-state index < -0.39 is 0 Å². The molecule has 0 aliphatic carbocycles. The number of nitrogens with one attached hydrogen (secondary N) is 2. The summed E-state index contributed by atoms with van der Waals surface area (Å²) in [7, 11) is 0. The van der Waals surface area contributed by atoms with Crippen LogP contribution in [0.5, 0.6) is 0 Å². The molecule has 0 saturated carbocycles. The predicted octanol–water partition coefficient (Wildman–Crippen LogP) is 5.56. The number of anilines is 2. The molecule has 2 rings (SSSR count). The molecule has 0 saturated heterocycles. The number of para-hydroxylation sites is 1. The Morgan fingerprint density at radius 2 is 1.74 bits per heavy atom. The highest BCUT2D eigenvalue weighted by Gasteiger charge is 2.03. The minimum atomic E-state index is 0.477. The molecular weight excluding hydrogens is 367 g/mol. The summed E-state index contributed by atoms with van der Waals surface area (Å²) in [5.41, 5.74) is 1.67. The van der Waals surface area contributed by atoms with Gasteiger partial charge in [0.15, 0.2) is 5.11 Å². The summed E-state index contributed by atoms with van der Waals surface area (Å²) in [5.74, 6) is 0. The molecule has 0 aliphatic heterocycles. The summed E-state index contributed by atoms with van der Waals surface area (Å²) in [6.07, 6.45) is 0. The van der Waals surface area contributed by atoms with Crippen molar-refractivity contribution < 1.29 is 0 Å². The first kappa shape index (κ1) is 14.6. The summed E-state index contributed by atoms with van der Waals surface area (Å²) >= 11 is 20.5. The fraction of sp³-hybridized carbons (Fsp3) is 0. The Balaban J connectivity index is 2.05. The molecule has 0 radical (unpaired) electrons. The van der Waals surface area contributed by atoms with Crippen LogP contribution in [0.4, 0.5) is 11.4 Å². The van der Waals surface area contributed by atoms with Crippen molar-refractivity contribution in [2.45, 2.75) is 0 Å². The van der Waals surface area contributed by atoms with Crippen LogP contribution >= 0.6 is 51.3 Å². The Labute approximate surface area is 135 Å². The third kappa shape index (κ3) is 4.08. The minimum absolute atomic E-state index is 0.477. The highest BCUT2D eigenvalue weighted by atomic mass is 79.9. The molecule has 6 heteroatoms. The summed E-state index contributed by atoms with van der Waals surface area (Å²) < 4.78 is 0.938. The van der Waals surface area contributed by atoms with Gasteiger partial charge in [0.2, 0.25) is 0 Å². The maximum Gasteiger partial charge on any atom is 0.175 e. The van der Waals surface area contributed by atoms with Gasteiger partial charge in [-0.1, -0.05) is 35.3 Å². The highest BCUT2D eigenvalue weighted by molar-refractivity contribution is 9.10. The lowest BCUT2D eigenvalue weighted by atomic mass is 10.3. The van der Waals surface area contributed by atoms with Crippen LogP contribution < -0.4 is 10.6 Å². The van der Waals surface area contributed by atoms with Crippen molar-refractivity contribution in [2.75, 3.05) is 10.6 Å². The number of rotatable bonds is 2. The molecule has 0 aliphatic rings. The third-order valence-corrected chi connectivity index (χ3v) is 3.93. The molecule has 2 aromatic carbocycles. The van der Waals surface area contributed by atoms with Crippen LogP contribution in [0.1, 0.15) is 0 Å². The average molecular weight is 376 g/mol. The number of halogens is 3. The van der Waals surface area contributed by atoms with E-state index in [1.54, 1.807) is 12.1 Å². The molecular formula is C13H9BrCl2N2S. The topological polar surface area (TPSA) is 24.1 Å². The van der Waals surface area contributed by atoms with Gasteiger partial charge in [-0.05, 0) is 58.5 Å². The monoisotopic (exact) mass is 374 g/mol. The Kier molecular flexibility index (Phi) is 5.05. The van der Waals surface area contributed by atoms with E-state index in [-0.39, 0.29) is 0 Å². The normalized spacial score (nSPS) is 10.1. The van der Waals surface area contributed by atoms with Gasteiger partial charge in [-0.2, -0.15) is 0 Å². The van der Waals surface area contributed by atoms with E-state index in [2.05, 4.69) is 26.6 Å². The first-order valence-electron chi connectivity index (χ1n) is 5.34. The summed E-state index contributed by atoms with van der Waals surface area (Å²) in [4.78, 5) is 0. The van der Waals surface area contributed by atoms with E-state index in [4.69, 9.17) is 35.4 Å². The zero-order valence-electron chi connectivity index (χ0n) is 9.58. The van der Waals surface area contributed by atoms with Gasteiger partial charge >= 0.3 is 0 Å². The maximum absolute atomic E-state index is 5.94. The first-order valence-corrected chi connectivity index (χ1v) is 7.29. The van der Waals surface area contributed by atoms with Crippen LogP contribution in [0.3, 0.4) is 0 Å². The molecule has 0 bridgehead atoms. The summed E-state index contributed by atoms with van der Waals surface area (Å²) in [6.45, 7) is 0. The summed E-state index contributed by atoms with van der Waals surface area (Å²) in [5, 5.41) is 7.60. The molecule has 2 nitrogen and oxygen atoms in total. The lowest BCUT2D eigenvalue weighted by Crippen LogP contribution is -2.19. The van der Waals surface area contributed by atoms with Gasteiger partial charge in [0.05, 0.1) is 15.7 Å². The van der Waals surface area contributed by atoms with Crippen LogP contribution in [0.2, 0.25) is 10.0 Å². The number of benzene rings is 2.